The highest BCUT2D eigenvalue weighted by Crippen LogP contribution is 2.50. The zero-order chi connectivity index (χ0) is 18.9. The zero-order valence-corrected chi connectivity index (χ0v) is 15.7. The summed E-state index contributed by atoms with van der Waals surface area (Å²) in [6.45, 7) is 3.01. The van der Waals surface area contributed by atoms with E-state index in [0.29, 0.717) is 19.0 Å². The summed E-state index contributed by atoms with van der Waals surface area (Å²) in [5, 5.41) is 6.28. The van der Waals surface area contributed by atoms with Gasteiger partial charge in [0, 0.05) is 19.6 Å². The molecule has 146 valence electrons. The molecule has 2 heterocycles. The van der Waals surface area contributed by atoms with Crippen LogP contribution in [-0.4, -0.2) is 48.9 Å². The van der Waals surface area contributed by atoms with E-state index in [1.807, 2.05) is 4.90 Å². The van der Waals surface area contributed by atoms with Crippen molar-refractivity contribution in [2.45, 2.75) is 50.0 Å². The third-order valence-electron chi connectivity index (χ3n) is 6.30. The van der Waals surface area contributed by atoms with Crippen molar-refractivity contribution in [2.75, 3.05) is 26.2 Å². The Morgan fingerprint density at radius 2 is 1.96 bits per heavy atom. The number of likely N-dealkylation sites (tertiary alicyclic amines) is 1. The number of carbonyl (C=O) groups is 2. The SMILES string of the molecule is O=C(NCC1CCCN(C(=O)C2(c3ccc(F)cc3)CC2)C1)C1CCCN1. The standard InChI is InChI=1S/C21H28FN3O2/c22-17-7-5-16(6-8-17)21(9-10-21)20(27)25-12-2-3-15(14-25)13-24-19(26)18-4-1-11-23-18/h5-8,15,18,23H,1-4,9-14H2,(H,24,26). The summed E-state index contributed by atoms with van der Waals surface area (Å²) < 4.78 is 13.2. The average Bonchev–Trinajstić information content (AvgIpc) is 3.31. The van der Waals surface area contributed by atoms with Gasteiger partial charge < -0.3 is 15.5 Å². The molecule has 0 aromatic heterocycles. The molecule has 2 N–H and O–H groups in total. The number of carbonyl (C=O) groups excluding carboxylic acids is 2. The highest BCUT2D eigenvalue weighted by atomic mass is 19.1. The number of nitrogens with zero attached hydrogens (tertiary/aromatic N) is 1. The monoisotopic (exact) mass is 373 g/mol. The van der Waals surface area contributed by atoms with Gasteiger partial charge >= 0.3 is 0 Å². The third-order valence-corrected chi connectivity index (χ3v) is 6.30. The Hall–Kier alpha value is -1.95. The van der Waals surface area contributed by atoms with Crippen molar-refractivity contribution in [2.24, 2.45) is 5.92 Å². The molecule has 4 rings (SSSR count). The van der Waals surface area contributed by atoms with Crippen LogP contribution in [0.2, 0.25) is 0 Å². The Bertz CT molecular complexity index is 696. The van der Waals surface area contributed by atoms with E-state index >= 15 is 0 Å². The second-order valence-electron chi connectivity index (χ2n) is 8.24. The van der Waals surface area contributed by atoms with Crippen molar-refractivity contribution >= 4 is 11.8 Å². The van der Waals surface area contributed by atoms with Gasteiger partial charge in [-0.1, -0.05) is 12.1 Å². The van der Waals surface area contributed by atoms with Crippen LogP contribution < -0.4 is 10.6 Å². The van der Waals surface area contributed by atoms with Crippen LogP contribution in [-0.2, 0) is 15.0 Å². The molecule has 3 aliphatic rings. The molecule has 1 aliphatic carbocycles. The van der Waals surface area contributed by atoms with Crippen molar-refractivity contribution in [1.82, 2.24) is 15.5 Å². The third kappa shape index (κ3) is 3.86. The molecule has 0 bridgehead atoms. The van der Waals surface area contributed by atoms with E-state index in [2.05, 4.69) is 10.6 Å². The zero-order valence-electron chi connectivity index (χ0n) is 15.7. The quantitative estimate of drug-likeness (QED) is 0.830. The summed E-state index contributed by atoms with van der Waals surface area (Å²) in [5.41, 5.74) is 0.476. The summed E-state index contributed by atoms with van der Waals surface area (Å²) in [7, 11) is 0. The van der Waals surface area contributed by atoms with Gasteiger partial charge in [-0.2, -0.15) is 0 Å². The Labute approximate surface area is 159 Å². The summed E-state index contributed by atoms with van der Waals surface area (Å²) in [4.78, 5) is 27.4. The Balaban J connectivity index is 1.34. The Kier molecular flexibility index (Phi) is 5.17. The molecule has 3 fully saturated rings. The fourth-order valence-electron chi connectivity index (χ4n) is 4.52. The van der Waals surface area contributed by atoms with Crippen molar-refractivity contribution in [3.8, 4) is 0 Å². The lowest BCUT2D eigenvalue weighted by atomic mass is 9.91. The van der Waals surface area contributed by atoms with Crippen molar-refractivity contribution in [3.05, 3.63) is 35.6 Å². The van der Waals surface area contributed by atoms with Crippen LogP contribution >= 0.6 is 0 Å². The molecule has 1 saturated carbocycles. The maximum atomic E-state index is 13.2. The number of rotatable bonds is 5. The number of hydrogen-bond donors (Lipinski definition) is 2. The van der Waals surface area contributed by atoms with Gasteiger partial charge in [-0.25, -0.2) is 4.39 Å². The molecule has 2 aliphatic heterocycles. The molecule has 2 amide bonds. The average molecular weight is 373 g/mol. The van der Waals surface area contributed by atoms with Gasteiger partial charge in [0.25, 0.3) is 0 Å². The highest BCUT2D eigenvalue weighted by Gasteiger charge is 2.53. The predicted octanol–water partition coefficient (Wildman–Crippen LogP) is 1.96. The molecule has 27 heavy (non-hydrogen) atoms. The smallest absolute Gasteiger partial charge is 0.237 e. The van der Waals surface area contributed by atoms with Gasteiger partial charge in [0.2, 0.25) is 11.8 Å². The lowest BCUT2D eigenvalue weighted by molar-refractivity contribution is -0.135. The molecule has 2 unspecified atom stereocenters. The fraction of sp³-hybridized carbons (Fsp3) is 0.619. The number of hydrogen-bond acceptors (Lipinski definition) is 3. The first-order valence-electron chi connectivity index (χ1n) is 10.1. The van der Waals surface area contributed by atoms with Gasteiger partial charge in [0.1, 0.15) is 5.82 Å². The number of halogens is 1. The molecule has 5 nitrogen and oxygen atoms in total. The lowest BCUT2D eigenvalue weighted by Gasteiger charge is -2.35. The summed E-state index contributed by atoms with van der Waals surface area (Å²) >= 11 is 0. The van der Waals surface area contributed by atoms with E-state index < -0.39 is 5.41 Å². The Morgan fingerprint density at radius 1 is 1.19 bits per heavy atom. The van der Waals surface area contributed by atoms with Crippen LogP contribution in [0.1, 0.15) is 44.1 Å². The van der Waals surface area contributed by atoms with Crippen molar-refractivity contribution < 1.29 is 14.0 Å². The molecule has 6 heteroatoms. The van der Waals surface area contributed by atoms with E-state index in [9.17, 15) is 14.0 Å². The number of nitrogens with one attached hydrogen (secondary N) is 2. The topological polar surface area (TPSA) is 61.4 Å². The minimum atomic E-state index is -0.452. The number of benzene rings is 1. The molecular weight excluding hydrogens is 345 g/mol. The first kappa shape index (κ1) is 18.4. The highest BCUT2D eigenvalue weighted by molar-refractivity contribution is 5.91. The molecule has 0 radical (unpaired) electrons. The minimum absolute atomic E-state index is 0.0560. The van der Waals surface area contributed by atoms with Gasteiger partial charge in [-0.05, 0) is 68.7 Å². The van der Waals surface area contributed by atoms with Crippen molar-refractivity contribution in [3.63, 3.8) is 0 Å². The van der Waals surface area contributed by atoms with Crippen molar-refractivity contribution in [1.29, 1.82) is 0 Å². The van der Waals surface area contributed by atoms with Gasteiger partial charge in [-0.15, -0.1) is 0 Å². The maximum Gasteiger partial charge on any atom is 0.237 e. The van der Waals surface area contributed by atoms with Gasteiger partial charge in [-0.3, -0.25) is 9.59 Å². The molecule has 2 saturated heterocycles. The summed E-state index contributed by atoms with van der Waals surface area (Å²) in [6, 6.07) is 6.31. The van der Waals surface area contributed by atoms with Crippen LogP contribution in [0.15, 0.2) is 24.3 Å². The molecule has 1 aromatic rings. The number of piperidine rings is 1. The maximum absolute atomic E-state index is 13.2. The Morgan fingerprint density at radius 3 is 2.63 bits per heavy atom. The molecule has 2 atom stereocenters. The van der Waals surface area contributed by atoms with E-state index in [-0.39, 0.29) is 23.7 Å². The summed E-state index contributed by atoms with van der Waals surface area (Å²) in [6.07, 6.45) is 5.63. The first-order valence-corrected chi connectivity index (χ1v) is 10.1. The fourth-order valence-corrected chi connectivity index (χ4v) is 4.52. The normalized spacial score (nSPS) is 26.6. The molecule has 1 aromatic carbocycles. The van der Waals surface area contributed by atoms with E-state index in [0.717, 1.165) is 57.2 Å². The van der Waals surface area contributed by atoms with E-state index in [1.165, 1.54) is 12.1 Å². The van der Waals surface area contributed by atoms with Crippen LogP contribution in [0.5, 0.6) is 0 Å². The van der Waals surface area contributed by atoms with Crippen LogP contribution in [0, 0.1) is 11.7 Å². The summed E-state index contributed by atoms with van der Waals surface area (Å²) in [5.74, 6) is 0.285. The van der Waals surface area contributed by atoms with E-state index in [4.69, 9.17) is 0 Å². The second kappa shape index (κ2) is 7.58. The van der Waals surface area contributed by atoms with Gasteiger partial charge in [0.05, 0.1) is 11.5 Å². The van der Waals surface area contributed by atoms with Crippen LogP contribution in [0.4, 0.5) is 4.39 Å². The second-order valence-corrected chi connectivity index (χ2v) is 8.24. The minimum Gasteiger partial charge on any atom is -0.354 e. The van der Waals surface area contributed by atoms with Gasteiger partial charge in [0.15, 0.2) is 0 Å². The molecule has 0 spiro atoms. The lowest BCUT2D eigenvalue weighted by Crippen LogP contribution is -2.49. The van der Waals surface area contributed by atoms with Crippen LogP contribution in [0.3, 0.4) is 0 Å². The number of amides is 2. The van der Waals surface area contributed by atoms with Crippen LogP contribution in [0.25, 0.3) is 0 Å². The largest absolute Gasteiger partial charge is 0.354 e. The predicted molar refractivity (Wildman–Crippen MR) is 101 cm³/mol. The van der Waals surface area contributed by atoms with E-state index in [1.54, 1.807) is 12.1 Å². The molecular formula is C21H28FN3O2. The first-order chi connectivity index (χ1) is 13.1.